The second kappa shape index (κ2) is 3.82. The number of hydrogen-bond acceptors (Lipinski definition) is 4. The van der Waals surface area contributed by atoms with Gasteiger partial charge in [-0.15, -0.1) is 10.1 Å². The lowest BCUT2D eigenvalue weighted by molar-refractivity contribution is -0.709. The summed E-state index contributed by atoms with van der Waals surface area (Å²) in [6.45, 7) is 0. The fourth-order valence-corrected chi connectivity index (χ4v) is 1.21. The van der Waals surface area contributed by atoms with E-state index in [2.05, 4.69) is 4.28 Å². The Morgan fingerprint density at radius 2 is 1.92 bits per heavy atom. The molecule has 1 aromatic carbocycles. The van der Waals surface area contributed by atoms with Gasteiger partial charge in [-0.3, -0.25) is 0 Å². The quantitative estimate of drug-likeness (QED) is 0.521. The van der Waals surface area contributed by atoms with Crippen LogP contribution in [0.25, 0.3) is 0 Å². The van der Waals surface area contributed by atoms with Gasteiger partial charge in [-0.25, -0.2) is 8.49 Å². The molecule has 0 radical (unpaired) electrons. The highest BCUT2D eigenvalue weighted by molar-refractivity contribution is 7.80. The van der Waals surface area contributed by atoms with Crippen molar-refractivity contribution in [2.75, 3.05) is 0 Å². The van der Waals surface area contributed by atoms with Gasteiger partial charge < -0.3 is 0 Å². The summed E-state index contributed by atoms with van der Waals surface area (Å²) in [5.74, 6) is 0. The van der Waals surface area contributed by atoms with Gasteiger partial charge in [-0.05, 0) is 12.1 Å². The zero-order chi connectivity index (χ0) is 8.97. The lowest BCUT2D eigenvalue weighted by atomic mass is 10.4. The van der Waals surface area contributed by atoms with Crippen LogP contribution in [-0.2, 0) is 15.4 Å². The van der Waals surface area contributed by atoms with E-state index in [0.717, 1.165) is 0 Å². The van der Waals surface area contributed by atoms with Gasteiger partial charge in [0.25, 0.3) is 0 Å². The highest BCUT2D eigenvalue weighted by Crippen LogP contribution is 2.05. The molecule has 0 amide bonds. The minimum Gasteiger partial charge on any atom is -0.226 e. The third-order valence-corrected chi connectivity index (χ3v) is 1.98. The zero-order valence-corrected chi connectivity index (χ0v) is 6.69. The standard InChI is InChI=1S/C6H5NO4S/c8-7(9)11-12(10)6-4-2-1-3-5-6/h1-5H. The maximum absolute atomic E-state index is 10.9. The van der Waals surface area contributed by atoms with Crippen molar-refractivity contribution in [2.45, 2.75) is 4.90 Å². The Balaban J connectivity index is 2.73. The fourth-order valence-electron chi connectivity index (χ4n) is 0.630. The van der Waals surface area contributed by atoms with Crippen LogP contribution in [0.4, 0.5) is 0 Å². The first-order valence-electron chi connectivity index (χ1n) is 3.00. The summed E-state index contributed by atoms with van der Waals surface area (Å²) in [6, 6.07) is 7.93. The first kappa shape index (κ1) is 8.66. The molecule has 5 nitrogen and oxygen atoms in total. The maximum atomic E-state index is 10.9. The topological polar surface area (TPSA) is 69.4 Å². The Morgan fingerprint density at radius 3 is 2.42 bits per heavy atom. The molecule has 0 saturated heterocycles. The third-order valence-electron chi connectivity index (χ3n) is 1.06. The molecule has 0 bridgehead atoms. The molecule has 12 heavy (non-hydrogen) atoms. The SMILES string of the molecule is O=[N+]([O-])OS(=O)c1ccccc1. The molecule has 0 aliphatic rings. The highest BCUT2D eigenvalue weighted by atomic mass is 32.2. The Labute approximate surface area is 70.7 Å². The normalized spacial score (nSPS) is 12.0. The van der Waals surface area contributed by atoms with Gasteiger partial charge in [0.2, 0.25) is 11.1 Å². The van der Waals surface area contributed by atoms with Crippen molar-refractivity contribution in [2.24, 2.45) is 0 Å². The van der Waals surface area contributed by atoms with E-state index in [0.29, 0.717) is 0 Å². The van der Waals surface area contributed by atoms with Crippen LogP contribution in [0.1, 0.15) is 0 Å². The monoisotopic (exact) mass is 187 g/mol. The third kappa shape index (κ3) is 2.31. The maximum Gasteiger partial charge on any atom is 0.308 e. The first-order valence-corrected chi connectivity index (χ1v) is 4.07. The predicted molar refractivity (Wildman–Crippen MR) is 40.9 cm³/mol. The molecular formula is C6H5NO4S. The predicted octanol–water partition coefficient (Wildman–Crippen LogP) is 0.917. The highest BCUT2D eigenvalue weighted by Gasteiger charge is 2.06. The van der Waals surface area contributed by atoms with Gasteiger partial charge in [-0.1, -0.05) is 18.2 Å². The van der Waals surface area contributed by atoms with Crippen LogP contribution in [-0.4, -0.2) is 9.30 Å². The van der Waals surface area contributed by atoms with E-state index >= 15 is 0 Å². The van der Waals surface area contributed by atoms with Crippen LogP contribution < -0.4 is 0 Å². The van der Waals surface area contributed by atoms with Crippen molar-refractivity contribution in [1.82, 2.24) is 0 Å². The minimum absolute atomic E-state index is 0.272. The van der Waals surface area contributed by atoms with Crippen LogP contribution in [0.3, 0.4) is 0 Å². The average molecular weight is 187 g/mol. The van der Waals surface area contributed by atoms with Crippen molar-refractivity contribution < 1.29 is 13.6 Å². The Hall–Kier alpha value is -1.43. The van der Waals surface area contributed by atoms with Crippen LogP contribution in [0.5, 0.6) is 0 Å². The van der Waals surface area contributed by atoms with Crippen molar-refractivity contribution in [3.05, 3.63) is 40.4 Å². The molecule has 0 fully saturated rings. The molecule has 64 valence electrons. The summed E-state index contributed by atoms with van der Waals surface area (Å²) >= 11 is -2.01. The van der Waals surface area contributed by atoms with E-state index in [9.17, 15) is 14.3 Å². The zero-order valence-electron chi connectivity index (χ0n) is 5.88. The molecule has 1 unspecified atom stereocenters. The summed E-state index contributed by atoms with van der Waals surface area (Å²) < 4.78 is 14.7. The number of nitrogens with zero attached hydrogens (tertiary/aromatic N) is 1. The molecule has 1 atom stereocenters. The van der Waals surface area contributed by atoms with E-state index in [1.807, 2.05) is 0 Å². The van der Waals surface area contributed by atoms with E-state index in [1.165, 1.54) is 12.1 Å². The van der Waals surface area contributed by atoms with Crippen LogP contribution in [0.15, 0.2) is 35.2 Å². The summed E-state index contributed by atoms with van der Waals surface area (Å²) in [7, 11) is 0. The Bertz CT molecular complexity index is 300. The molecule has 0 saturated carbocycles. The van der Waals surface area contributed by atoms with Gasteiger partial charge in [-0.2, -0.15) is 0 Å². The van der Waals surface area contributed by atoms with Crippen molar-refractivity contribution in [3.8, 4) is 0 Å². The van der Waals surface area contributed by atoms with E-state index in [-0.39, 0.29) is 4.90 Å². The number of hydrogen-bond donors (Lipinski definition) is 0. The van der Waals surface area contributed by atoms with Gasteiger partial charge in [0.15, 0.2) is 0 Å². The Kier molecular flexibility index (Phi) is 2.76. The minimum atomic E-state index is -2.01. The van der Waals surface area contributed by atoms with Crippen LogP contribution in [0, 0.1) is 10.1 Å². The number of rotatable bonds is 3. The van der Waals surface area contributed by atoms with Crippen molar-refractivity contribution in [3.63, 3.8) is 0 Å². The molecule has 6 heteroatoms. The smallest absolute Gasteiger partial charge is 0.226 e. The van der Waals surface area contributed by atoms with Crippen molar-refractivity contribution in [1.29, 1.82) is 0 Å². The molecule has 0 heterocycles. The molecule has 1 aromatic rings. The van der Waals surface area contributed by atoms with Gasteiger partial charge in [0, 0.05) is 0 Å². The van der Waals surface area contributed by atoms with Crippen molar-refractivity contribution >= 4 is 11.1 Å². The van der Waals surface area contributed by atoms with E-state index in [1.54, 1.807) is 18.2 Å². The molecular weight excluding hydrogens is 182 g/mol. The first-order chi connectivity index (χ1) is 5.70. The van der Waals surface area contributed by atoms with Gasteiger partial charge in [0.05, 0.1) is 4.90 Å². The van der Waals surface area contributed by atoms with Gasteiger partial charge >= 0.3 is 5.09 Å². The molecule has 0 aliphatic heterocycles. The average Bonchev–Trinajstić information content (AvgIpc) is 2.05. The summed E-state index contributed by atoms with van der Waals surface area (Å²) in [5, 5.41) is 8.69. The van der Waals surface area contributed by atoms with E-state index < -0.39 is 16.2 Å². The largest absolute Gasteiger partial charge is 0.308 e. The van der Waals surface area contributed by atoms with Gasteiger partial charge in [0.1, 0.15) is 0 Å². The lowest BCUT2D eigenvalue weighted by Crippen LogP contribution is -2.04. The summed E-state index contributed by atoms with van der Waals surface area (Å²) in [6.07, 6.45) is 0. The molecule has 0 aromatic heterocycles. The fraction of sp³-hybridized carbons (Fsp3) is 0. The molecule has 1 rings (SSSR count). The Morgan fingerprint density at radius 1 is 1.33 bits per heavy atom. The lowest BCUT2D eigenvalue weighted by Gasteiger charge is -1.96. The molecule has 0 N–H and O–H groups in total. The van der Waals surface area contributed by atoms with E-state index in [4.69, 9.17) is 0 Å². The number of benzene rings is 1. The summed E-state index contributed by atoms with van der Waals surface area (Å²) in [5.41, 5.74) is 0. The molecule has 0 spiro atoms. The second-order valence-electron chi connectivity index (χ2n) is 1.85. The van der Waals surface area contributed by atoms with Crippen LogP contribution in [0.2, 0.25) is 0 Å². The second-order valence-corrected chi connectivity index (χ2v) is 2.94. The summed E-state index contributed by atoms with van der Waals surface area (Å²) in [4.78, 5) is 10.0. The molecule has 0 aliphatic carbocycles. The van der Waals surface area contributed by atoms with Crippen LogP contribution >= 0.6 is 0 Å².